The molecule has 1 saturated heterocycles. The van der Waals surface area contributed by atoms with Crippen molar-refractivity contribution in [1.29, 1.82) is 0 Å². The Kier molecular flexibility index (Phi) is 6.77. The molecule has 182 valence electrons. The second-order valence-corrected chi connectivity index (χ2v) is 9.12. The van der Waals surface area contributed by atoms with E-state index in [0.717, 1.165) is 17.1 Å². The average molecular weight is 500 g/mol. The minimum absolute atomic E-state index is 0.146. The Balaban J connectivity index is 1.44. The number of para-hydroxylation sites is 1. The third kappa shape index (κ3) is 4.85. The van der Waals surface area contributed by atoms with Crippen LogP contribution >= 0.6 is 12.2 Å². The molecule has 0 unspecified atom stereocenters. The number of nitrogens with one attached hydrogen (secondary N) is 2. The molecule has 0 spiro atoms. The van der Waals surface area contributed by atoms with E-state index in [1.165, 1.54) is 11.6 Å². The molecule has 36 heavy (non-hydrogen) atoms. The lowest BCUT2D eigenvalue weighted by Crippen LogP contribution is -2.33. The molecule has 0 saturated carbocycles. The van der Waals surface area contributed by atoms with Crippen LogP contribution in [0.5, 0.6) is 0 Å². The molecule has 2 aromatic heterocycles. The second-order valence-electron chi connectivity index (χ2n) is 8.74. The molecule has 3 heterocycles. The van der Waals surface area contributed by atoms with E-state index in [-0.39, 0.29) is 30.1 Å². The summed E-state index contributed by atoms with van der Waals surface area (Å²) in [4.78, 5) is 19.3. The first-order chi connectivity index (χ1) is 17.5. The van der Waals surface area contributed by atoms with Crippen molar-refractivity contribution in [3.8, 4) is 5.69 Å². The van der Waals surface area contributed by atoms with Crippen molar-refractivity contribution in [2.24, 2.45) is 0 Å². The predicted molar refractivity (Wildman–Crippen MR) is 142 cm³/mol. The highest BCUT2D eigenvalue weighted by molar-refractivity contribution is 7.80. The number of carbonyl (C=O) groups excluding carboxylic acids is 1. The van der Waals surface area contributed by atoms with Crippen molar-refractivity contribution in [1.82, 2.24) is 19.8 Å². The maximum absolute atomic E-state index is 14.0. The third-order valence-corrected chi connectivity index (χ3v) is 6.67. The van der Waals surface area contributed by atoms with E-state index in [1.54, 1.807) is 24.4 Å². The van der Waals surface area contributed by atoms with Gasteiger partial charge >= 0.3 is 0 Å². The summed E-state index contributed by atoms with van der Waals surface area (Å²) in [6.07, 6.45) is 3.94. The summed E-state index contributed by atoms with van der Waals surface area (Å²) in [5.74, 6) is -0.745. The zero-order valence-corrected chi connectivity index (χ0v) is 20.6. The zero-order valence-electron chi connectivity index (χ0n) is 19.8. The van der Waals surface area contributed by atoms with Gasteiger partial charge in [0.15, 0.2) is 5.11 Å². The molecule has 0 aliphatic carbocycles. The van der Waals surface area contributed by atoms with Crippen molar-refractivity contribution < 1.29 is 9.18 Å². The van der Waals surface area contributed by atoms with E-state index < -0.39 is 5.82 Å². The van der Waals surface area contributed by atoms with E-state index in [1.807, 2.05) is 35.4 Å². The minimum atomic E-state index is -0.465. The maximum atomic E-state index is 14.0. The highest BCUT2D eigenvalue weighted by Crippen LogP contribution is 2.39. The van der Waals surface area contributed by atoms with Crippen LogP contribution in [0.2, 0.25) is 0 Å². The quantitative estimate of drug-likeness (QED) is 0.337. The largest absolute Gasteiger partial charge is 0.352 e. The van der Waals surface area contributed by atoms with Gasteiger partial charge in [0.1, 0.15) is 5.82 Å². The zero-order chi connectivity index (χ0) is 25.1. The first-order valence-electron chi connectivity index (χ1n) is 11.8. The molecule has 1 aliphatic heterocycles. The molecule has 4 aromatic rings. The summed E-state index contributed by atoms with van der Waals surface area (Å²) >= 11 is 5.73. The molecule has 0 bridgehead atoms. The van der Waals surface area contributed by atoms with Gasteiger partial charge in [-0.15, -0.1) is 0 Å². The molecule has 2 atom stereocenters. The standard InChI is InChI=1S/C28H26FN5OS/c1-19-11-13-20(14-12-19)33-17-6-10-24(33)27-26(23-9-4-5-16-30-23)32-28(36)34(27)18-15-25(35)31-22-8-3-2-7-21(22)29/h2-14,16-17,26-27H,15,18H2,1H3,(H,31,35)(H,32,36)/t26-,27+/m1/s1. The molecule has 1 aliphatic rings. The van der Waals surface area contributed by atoms with Crippen molar-refractivity contribution in [2.75, 3.05) is 11.9 Å². The van der Waals surface area contributed by atoms with E-state index in [2.05, 4.69) is 57.4 Å². The van der Waals surface area contributed by atoms with Crippen LogP contribution in [-0.2, 0) is 4.79 Å². The number of pyridine rings is 1. The number of aryl methyl sites for hydroxylation is 1. The van der Waals surface area contributed by atoms with Gasteiger partial charge in [0.25, 0.3) is 0 Å². The second kappa shape index (κ2) is 10.3. The van der Waals surface area contributed by atoms with Crippen LogP contribution in [0.4, 0.5) is 10.1 Å². The van der Waals surface area contributed by atoms with Crippen LogP contribution in [0.25, 0.3) is 5.69 Å². The van der Waals surface area contributed by atoms with Crippen LogP contribution in [0.1, 0.15) is 35.5 Å². The number of rotatable bonds is 7. The number of aromatic nitrogens is 2. The lowest BCUT2D eigenvalue weighted by Gasteiger charge is -2.29. The molecule has 1 fully saturated rings. The topological polar surface area (TPSA) is 62.2 Å². The highest BCUT2D eigenvalue weighted by Gasteiger charge is 2.41. The van der Waals surface area contributed by atoms with Gasteiger partial charge in [0, 0.05) is 36.7 Å². The van der Waals surface area contributed by atoms with Gasteiger partial charge in [0.05, 0.1) is 23.5 Å². The fourth-order valence-electron chi connectivity index (χ4n) is 4.54. The number of anilines is 1. The van der Waals surface area contributed by atoms with Gasteiger partial charge in [-0.25, -0.2) is 4.39 Å². The van der Waals surface area contributed by atoms with Crippen LogP contribution in [-0.4, -0.2) is 32.0 Å². The van der Waals surface area contributed by atoms with Crippen LogP contribution in [0.3, 0.4) is 0 Å². The van der Waals surface area contributed by atoms with Gasteiger partial charge in [-0.1, -0.05) is 35.9 Å². The van der Waals surface area contributed by atoms with Gasteiger partial charge in [0.2, 0.25) is 5.91 Å². The number of benzene rings is 2. The van der Waals surface area contributed by atoms with Crippen molar-refractivity contribution in [2.45, 2.75) is 25.4 Å². The SMILES string of the molecule is Cc1ccc(-n2cccc2[C@H]2[C@@H](c3ccccn3)NC(=S)N2CCC(=O)Nc2ccccc2F)cc1. The Hall–Kier alpha value is -4.04. The first kappa shape index (κ1) is 23.7. The minimum Gasteiger partial charge on any atom is -0.352 e. The van der Waals surface area contributed by atoms with Gasteiger partial charge in [-0.2, -0.15) is 0 Å². The third-order valence-electron chi connectivity index (χ3n) is 6.32. The summed E-state index contributed by atoms with van der Waals surface area (Å²) in [5, 5.41) is 6.63. The monoisotopic (exact) mass is 499 g/mol. The van der Waals surface area contributed by atoms with Crippen LogP contribution < -0.4 is 10.6 Å². The number of carbonyl (C=O) groups is 1. The Morgan fingerprint density at radius 1 is 1.06 bits per heavy atom. The molecule has 1 amide bonds. The number of nitrogens with zero attached hydrogens (tertiary/aromatic N) is 3. The Labute approximate surface area is 214 Å². The van der Waals surface area contributed by atoms with Gasteiger partial charge < -0.3 is 20.1 Å². The van der Waals surface area contributed by atoms with E-state index in [9.17, 15) is 9.18 Å². The molecular formula is C28H26FN5OS. The van der Waals surface area contributed by atoms with Crippen LogP contribution in [0.15, 0.2) is 91.3 Å². The first-order valence-corrected chi connectivity index (χ1v) is 12.2. The average Bonchev–Trinajstić information content (AvgIpc) is 3.49. The number of thiocarbonyl (C=S) groups is 1. The molecular weight excluding hydrogens is 473 g/mol. The Morgan fingerprint density at radius 3 is 2.58 bits per heavy atom. The van der Waals surface area contributed by atoms with Gasteiger partial charge in [-0.3, -0.25) is 9.78 Å². The summed E-state index contributed by atoms with van der Waals surface area (Å²) in [6, 6.07) is 24.0. The molecule has 8 heteroatoms. The normalized spacial score (nSPS) is 17.2. The number of halogens is 1. The molecule has 2 aromatic carbocycles. The molecule has 6 nitrogen and oxygen atoms in total. The van der Waals surface area contributed by atoms with Crippen molar-refractivity contribution >= 4 is 28.9 Å². The Morgan fingerprint density at radius 2 is 1.83 bits per heavy atom. The Bertz CT molecular complexity index is 1370. The fourth-order valence-corrected chi connectivity index (χ4v) is 4.87. The summed E-state index contributed by atoms with van der Waals surface area (Å²) in [7, 11) is 0. The highest BCUT2D eigenvalue weighted by atomic mass is 32.1. The van der Waals surface area contributed by atoms with E-state index in [0.29, 0.717) is 11.7 Å². The van der Waals surface area contributed by atoms with E-state index >= 15 is 0 Å². The van der Waals surface area contributed by atoms with Crippen LogP contribution in [0, 0.1) is 12.7 Å². The number of amides is 1. The predicted octanol–water partition coefficient (Wildman–Crippen LogP) is 5.32. The fraction of sp³-hybridized carbons (Fsp3) is 0.179. The smallest absolute Gasteiger partial charge is 0.226 e. The summed E-state index contributed by atoms with van der Waals surface area (Å²) < 4.78 is 16.1. The maximum Gasteiger partial charge on any atom is 0.226 e. The lowest BCUT2D eigenvalue weighted by molar-refractivity contribution is -0.116. The summed E-state index contributed by atoms with van der Waals surface area (Å²) in [5.41, 5.74) is 4.28. The van der Waals surface area contributed by atoms with Crippen molar-refractivity contribution in [3.63, 3.8) is 0 Å². The summed E-state index contributed by atoms with van der Waals surface area (Å²) in [6.45, 7) is 2.42. The lowest BCUT2D eigenvalue weighted by atomic mass is 10.0. The number of hydrogen-bond donors (Lipinski definition) is 2. The van der Waals surface area contributed by atoms with Gasteiger partial charge in [-0.05, 0) is 67.7 Å². The van der Waals surface area contributed by atoms with Crippen molar-refractivity contribution in [3.05, 3.63) is 114 Å². The number of hydrogen-bond acceptors (Lipinski definition) is 3. The molecule has 5 rings (SSSR count). The molecule has 0 radical (unpaired) electrons. The van der Waals surface area contributed by atoms with E-state index in [4.69, 9.17) is 12.2 Å². The molecule has 2 N–H and O–H groups in total.